The maximum atomic E-state index is 8.74. The number of hydrogen-bond donors (Lipinski definition) is 1. The minimum absolute atomic E-state index is 0.691. The molecule has 0 saturated carbocycles. The van der Waals surface area contributed by atoms with Gasteiger partial charge in [0.15, 0.2) is 0 Å². The molecule has 0 aliphatic carbocycles. The van der Waals surface area contributed by atoms with Crippen LogP contribution in [0.5, 0.6) is 0 Å². The molecule has 0 unspecified atom stereocenters. The van der Waals surface area contributed by atoms with Crippen LogP contribution in [0.25, 0.3) is 0 Å². The van der Waals surface area contributed by atoms with Gasteiger partial charge in [-0.05, 0) is 37.5 Å². The van der Waals surface area contributed by atoms with Gasteiger partial charge in [-0.25, -0.2) is 0 Å². The van der Waals surface area contributed by atoms with Crippen molar-refractivity contribution in [1.29, 1.82) is 0 Å². The van der Waals surface area contributed by atoms with Crippen molar-refractivity contribution in [1.82, 2.24) is 0 Å². The van der Waals surface area contributed by atoms with E-state index in [9.17, 15) is 0 Å². The molecule has 0 bridgehead atoms. The SMILES string of the molecule is CC(C)CCC(CCC(C)C)=NO. The first-order valence-corrected chi connectivity index (χ1v) is 5.26. The van der Waals surface area contributed by atoms with E-state index in [2.05, 4.69) is 32.9 Å². The standard InChI is InChI=1S/C11H23NO/c1-9(2)5-7-11(12-13)8-6-10(3)4/h9-10,13H,5-8H2,1-4H3. The molecule has 0 rings (SSSR count). The molecule has 0 aromatic carbocycles. The van der Waals surface area contributed by atoms with E-state index in [0.717, 1.165) is 31.4 Å². The molecule has 2 heteroatoms. The highest BCUT2D eigenvalue weighted by molar-refractivity contribution is 5.83. The number of rotatable bonds is 6. The first-order chi connectivity index (χ1) is 6.06. The highest BCUT2D eigenvalue weighted by Crippen LogP contribution is 2.11. The van der Waals surface area contributed by atoms with Crippen LogP contribution in [0.3, 0.4) is 0 Å². The van der Waals surface area contributed by atoms with Crippen LogP contribution < -0.4 is 0 Å². The van der Waals surface area contributed by atoms with E-state index in [1.165, 1.54) is 0 Å². The summed E-state index contributed by atoms with van der Waals surface area (Å²) in [6, 6.07) is 0. The minimum Gasteiger partial charge on any atom is -0.411 e. The smallest absolute Gasteiger partial charge is 0.0571 e. The summed E-state index contributed by atoms with van der Waals surface area (Å²) in [6.07, 6.45) is 4.14. The van der Waals surface area contributed by atoms with Crippen LogP contribution in [0.15, 0.2) is 5.16 Å². The third-order valence-electron chi connectivity index (χ3n) is 2.16. The monoisotopic (exact) mass is 185 g/mol. The Morgan fingerprint density at radius 2 is 1.38 bits per heavy atom. The molecular weight excluding hydrogens is 162 g/mol. The molecule has 0 aromatic heterocycles. The third-order valence-corrected chi connectivity index (χ3v) is 2.16. The van der Waals surface area contributed by atoms with Gasteiger partial charge in [0.1, 0.15) is 0 Å². The number of oxime groups is 1. The molecule has 0 aromatic rings. The first-order valence-electron chi connectivity index (χ1n) is 5.26. The van der Waals surface area contributed by atoms with Crippen LogP contribution in [-0.4, -0.2) is 10.9 Å². The minimum atomic E-state index is 0.691. The van der Waals surface area contributed by atoms with E-state index in [1.807, 2.05) is 0 Å². The highest BCUT2D eigenvalue weighted by Gasteiger charge is 2.04. The predicted molar refractivity (Wildman–Crippen MR) is 57.4 cm³/mol. The first kappa shape index (κ1) is 12.5. The Balaban J connectivity index is 3.65. The molecule has 0 spiro atoms. The zero-order valence-corrected chi connectivity index (χ0v) is 9.38. The molecule has 0 aliphatic heterocycles. The Morgan fingerprint density at radius 3 is 1.62 bits per heavy atom. The predicted octanol–water partition coefficient (Wildman–Crippen LogP) is 3.69. The molecule has 78 valence electrons. The lowest BCUT2D eigenvalue weighted by atomic mass is 9.99. The normalized spacial score (nSPS) is 10.9. The lowest BCUT2D eigenvalue weighted by molar-refractivity contribution is 0.314. The van der Waals surface area contributed by atoms with E-state index in [0.29, 0.717) is 11.8 Å². The van der Waals surface area contributed by atoms with Crippen molar-refractivity contribution in [3.8, 4) is 0 Å². The van der Waals surface area contributed by atoms with Crippen LogP contribution in [-0.2, 0) is 0 Å². The van der Waals surface area contributed by atoms with E-state index < -0.39 is 0 Å². The second kappa shape index (κ2) is 6.93. The molecule has 1 N–H and O–H groups in total. The average Bonchev–Trinajstić information content (AvgIpc) is 2.04. The summed E-state index contributed by atoms with van der Waals surface area (Å²) < 4.78 is 0. The summed E-state index contributed by atoms with van der Waals surface area (Å²) in [5.74, 6) is 1.38. The van der Waals surface area contributed by atoms with Crippen molar-refractivity contribution in [3.63, 3.8) is 0 Å². The Bertz CT molecular complexity index is 136. The van der Waals surface area contributed by atoms with Gasteiger partial charge in [0.2, 0.25) is 0 Å². The highest BCUT2D eigenvalue weighted by atomic mass is 16.4. The molecule has 0 atom stereocenters. The second-order valence-corrected chi connectivity index (χ2v) is 4.53. The molecule has 0 fully saturated rings. The molecule has 0 heterocycles. The molecule has 2 nitrogen and oxygen atoms in total. The number of nitrogens with zero attached hydrogens (tertiary/aromatic N) is 1. The van der Waals surface area contributed by atoms with Crippen LogP contribution in [0.1, 0.15) is 53.4 Å². The van der Waals surface area contributed by atoms with Crippen molar-refractivity contribution in [3.05, 3.63) is 0 Å². The van der Waals surface area contributed by atoms with E-state index >= 15 is 0 Å². The lowest BCUT2D eigenvalue weighted by Crippen LogP contribution is -2.03. The molecule has 0 aliphatic rings. The molecule has 13 heavy (non-hydrogen) atoms. The van der Waals surface area contributed by atoms with Crippen LogP contribution in [0, 0.1) is 11.8 Å². The Morgan fingerprint density at radius 1 is 1.00 bits per heavy atom. The number of hydrogen-bond acceptors (Lipinski definition) is 2. The average molecular weight is 185 g/mol. The van der Waals surface area contributed by atoms with Gasteiger partial charge < -0.3 is 5.21 Å². The van der Waals surface area contributed by atoms with Gasteiger partial charge in [0.05, 0.1) is 5.71 Å². The van der Waals surface area contributed by atoms with Crippen LogP contribution >= 0.6 is 0 Å². The fourth-order valence-electron chi connectivity index (χ4n) is 1.14. The Hall–Kier alpha value is -0.530. The summed E-state index contributed by atoms with van der Waals surface area (Å²) in [5.41, 5.74) is 0.961. The van der Waals surface area contributed by atoms with Crippen molar-refractivity contribution >= 4 is 5.71 Å². The lowest BCUT2D eigenvalue weighted by Gasteiger charge is -2.08. The van der Waals surface area contributed by atoms with Crippen LogP contribution in [0.2, 0.25) is 0 Å². The van der Waals surface area contributed by atoms with Gasteiger partial charge in [-0.1, -0.05) is 32.9 Å². The van der Waals surface area contributed by atoms with Crippen molar-refractivity contribution < 1.29 is 5.21 Å². The topological polar surface area (TPSA) is 32.6 Å². The molecule has 0 radical (unpaired) electrons. The summed E-state index contributed by atoms with van der Waals surface area (Å²) in [6.45, 7) is 8.77. The zero-order chi connectivity index (χ0) is 10.3. The fourth-order valence-corrected chi connectivity index (χ4v) is 1.14. The summed E-state index contributed by atoms with van der Waals surface area (Å²) >= 11 is 0. The van der Waals surface area contributed by atoms with E-state index in [1.54, 1.807) is 0 Å². The third kappa shape index (κ3) is 7.82. The van der Waals surface area contributed by atoms with Gasteiger partial charge in [-0.3, -0.25) is 0 Å². The van der Waals surface area contributed by atoms with Crippen LogP contribution in [0.4, 0.5) is 0 Å². The Labute approximate surface area is 82.0 Å². The maximum Gasteiger partial charge on any atom is 0.0571 e. The Kier molecular flexibility index (Phi) is 6.65. The van der Waals surface area contributed by atoms with Crippen molar-refractivity contribution in [2.75, 3.05) is 0 Å². The zero-order valence-electron chi connectivity index (χ0n) is 9.38. The largest absolute Gasteiger partial charge is 0.411 e. The van der Waals surface area contributed by atoms with Crippen molar-refractivity contribution in [2.24, 2.45) is 17.0 Å². The summed E-state index contributed by atoms with van der Waals surface area (Å²) in [5, 5.41) is 12.1. The fraction of sp³-hybridized carbons (Fsp3) is 0.909. The van der Waals surface area contributed by atoms with E-state index in [4.69, 9.17) is 5.21 Å². The van der Waals surface area contributed by atoms with E-state index in [-0.39, 0.29) is 0 Å². The molecular formula is C11H23NO. The quantitative estimate of drug-likeness (QED) is 0.382. The maximum absolute atomic E-state index is 8.74. The second-order valence-electron chi connectivity index (χ2n) is 4.53. The van der Waals surface area contributed by atoms with Gasteiger partial charge in [-0.2, -0.15) is 0 Å². The van der Waals surface area contributed by atoms with Gasteiger partial charge in [0, 0.05) is 0 Å². The van der Waals surface area contributed by atoms with Crippen molar-refractivity contribution in [2.45, 2.75) is 53.4 Å². The molecule has 0 amide bonds. The van der Waals surface area contributed by atoms with Gasteiger partial charge in [-0.15, -0.1) is 0 Å². The summed E-state index contributed by atoms with van der Waals surface area (Å²) in [7, 11) is 0. The van der Waals surface area contributed by atoms with Gasteiger partial charge >= 0.3 is 0 Å². The summed E-state index contributed by atoms with van der Waals surface area (Å²) in [4.78, 5) is 0. The molecule has 0 saturated heterocycles. The van der Waals surface area contributed by atoms with Gasteiger partial charge in [0.25, 0.3) is 0 Å².